The van der Waals surface area contributed by atoms with Crippen LogP contribution in [-0.2, 0) is 16.0 Å². The van der Waals surface area contributed by atoms with Gasteiger partial charge in [-0.05, 0) is 24.0 Å². The highest BCUT2D eigenvalue weighted by atomic mass is 16.3. The zero-order chi connectivity index (χ0) is 17.6. The van der Waals surface area contributed by atoms with Crippen LogP contribution in [0.15, 0.2) is 24.3 Å². The zero-order valence-corrected chi connectivity index (χ0v) is 13.8. The Morgan fingerprint density at radius 2 is 2.00 bits per heavy atom. The summed E-state index contributed by atoms with van der Waals surface area (Å²) in [7, 11) is 0. The van der Waals surface area contributed by atoms with Gasteiger partial charge in [0.1, 0.15) is 12.1 Å². The molecule has 0 bridgehead atoms. The summed E-state index contributed by atoms with van der Waals surface area (Å²) in [6, 6.07) is 6.53. The van der Waals surface area contributed by atoms with Gasteiger partial charge in [0.05, 0.1) is 12.1 Å². The molecule has 4 rings (SSSR count). The molecule has 1 saturated carbocycles. The van der Waals surface area contributed by atoms with E-state index in [1.54, 1.807) is 0 Å². The van der Waals surface area contributed by atoms with Gasteiger partial charge in [0.25, 0.3) is 5.91 Å². The van der Waals surface area contributed by atoms with Crippen molar-refractivity contribution in [1.82, 2.24) is 15.5 Å². The number of nitrogens with one attached hydrogen (secondary N) is 2. The van der Waals surface area contributed by atoms with E-state index in [-0.39, 0.29) is 12.5 Å². The van der Waals surface area contributed by atoms with E-state index in [2.05, 4.69) is 10.6 Å². The van der Waals surface area contributed by atoms with Gasteiger partial charge in [0, 0.05) is 6.42 Å². The average molecular weight is 343 g/mol. The van der Waals surface area contributed by atoms with Crippen LogP contribution in [0.3, 0.4) is 0 Å². The third-order valence-corrected chi connectivity index (χ3v) is 5.53. The summed E-state index contributed by atoms with van der Waals surface area (Å²) in [5.74, 6) is -0.753. The minimum atomic E-state index is -0.809. The monoisotopic (exact) mass is 343 g/mol. The van der Waals surface area contributed by atoms with Crippen molar-refractivity contribution < 1.29 is 19.5 Å². The number of carbonyl (C=O) groups is 3. The lowest BCUT2D eigenvalue weighted by atomic mass is 9.98. The van der Waals surface area contributed by atoms with Crippen LogP contribution < -0.4 is 10.6 Å². The Hall–Kier alpha value is -2.41. The van der Waals surface area contributed by atoms with Crippen LogP contribution >= 0.6 is 0 Å². The highest BCUT2D eigenvalue weighted by molar-refractivity contribution is 6.09. The minimum absolute atomic E-state index is 0.308. The summed E-state index contributed by atoms with van der Waals surface area (Å²) in [5, 5.41) is 15.7. The van der Waals surface area contributed by atoms with Gasteiger partial charge >= 0.3 is 6.03 Å². The Morgan fingerprint density at radius 1 is 1.28 bits per heavy atom. The van der Waals surface area contributed by atoms with E-state index in [9.17, 15) is 19.5 Å². The summed E-state index contributed by atoms with van der Waals surface area (Å²) in [6.45, 7) is -0.322. The molecule has 1 spiro atoms. The number of fused-ring (bicyclic) bond motifs is 1. The Bertz CT molecular complexity index is 742. The van der Waals surface area contributed by atoms with Crippen LogP contribution in [0.25, 0.3) is 0 Å². The van der Waals surface area contributed by atoms with Crippen LogP contribution in [0.2, 0.25) is 0 Å². The molecule has 4 amide bonds. The third kappa shape index (κ3) is 2.59. The molecular weight excluding hydrogens is 322 g/mol. The molecule has 1 aromatic rings. The molecule has 3 N–H and O–H groups in total. The van der Waals surface area contributed by atoms with Crippen molar-refractivity contribution in [2.45, 2.75) is 49.8 Å². The van der Waals surface area contributed by atoms with E-state index >= 15 is 0 Å². The van der Waals surface area contributed by atoms with Crippen LogP contribution in [0.4, 0.5) is 4.79 Å². The SMILES string of the molecule is O=C(CN1C(=O)NC2(CCCC2)C1=O)N[C@@H]1c2ccccc2C[C@@H]1O. The average Bonchev–Trinajstić information content (AvgIpc) is 3.23. The molecule has 0 aromatic heterocycles. The first-order valence-corrected chi connectivity index (χ1v) is 8.69. The second-order valence-electron chi connectivity index (χ2n) is 7.13. The lowest BCUT2D eigenvalue weighted by Crippen LogP contribution is -2.46. The van der Waals surface area contributed by atoms with Crippen molar-refractivity contribution in [2.24, 2.45) is 0 Å². The fourth-order valence-electron chi connectivity index (χ4n) is 4.25. The van der Waals surface area contributed by atoms with E-state index in [0.717, 1.165) is 28.9 Å². The third-order valence-electron chi connectivity index (χ3n) is 5.53. The Labute approximate surface area is 145 Å². The summed E-state index contributed by atoms with van der Waals surface area (Å²) in [6.07, 6.45) is 2.83. The van der Waals surface area contributed by atoms with Gasteiger partial charge in [-0.1, -0.05) is 37.1 Å². The highest BCUT2D eigenvalue weighted by Crippen LogP contribution is 2.35. The van der Waals surface area contributed by atoms with Crippen LogP contribution in [-0.4, -0.2) is 46.0 Å². The molecule has 7 heteroatoms. The maximum atomic E-state index is 12.6. The van der Waals surface area contributed by atoms with E-state index < -0.39 is 29.6 Å². The number of rotatable bonds is 3. The molecule has 1 aromatic carbocycles. The van der Waals surface area contributed by atoms with Crippen LogP contribution in [0, 0.1) is 0 Å². The molecule has 3 aliphatic rings. The predicted octanol–water partition coefficient (Wildman–Crippen LogP) is 0.625. The molecule has 2 atom stereocenters. The molecule has 0 unspecified atom stereocenters. The molecule has 2 fully saturated rings. The largest absolute Gasteiger partial charge is 0.390 e. The second kappa shape index (κ2) is 5.84. The van der Waals surface area contributed by atoms with Gasteiger partial charge in [-0.3, -0.25) is 14.5 Å². The zero-order valence-electron chi connectivity index (χ0n) is 13.8. The van der Waals surface area contributed by atoms with E-state index in [4.69, 9.17) is 0 Å². The molecule has 132 valence electrons. The van der Waals surface area contributed by atoms with E-state index in [1.165, 1.54) is 0 Å². The van der Waals surface area contributed by atoms with E-state index in [1.807, 2.05) is 24.3 Å². The van der Waals surface area contributed by atoms with Crippen molar-refractivity contribution in [3.63, 3.8) is 0 Å². The fourth-order valence-corrected chi connectivity index (χ4v) is 4.25. The van der Waals surface area contributed by atoms with Gasteiger partial charge in [-0.25, -0.2) is 4.79 Å². The standard InChI is InChI=1S/C18H21N3O4/c22-13-9-11-5-1-2-6-12(11)15(13)19-14(23)10-21-16(24)18(20-17(21)25)7-3-4-8-18/h1-2,5-6,13,15,22H,3-4,7-10H2,(H,19,23)(H,20,25)/t13-,15+/m0/s1. The lowest BCUT2D eigenvalue weighted by molar-refractivity contribution is -0.135. The van der Waals surface area contributed by atoms with Crippen molar-refractivity contribution >= 4 is 17.8 Å². The first-order valence-electron chi connectivity index (χ1n) is 8.69. The number of carbonyl (C=O) groups excluding carboxylic acids is 3. The van der Waals surface area contributed by atoms with Crippen LogP contribution in [0.5, 0.6) is 0 Å². The van der Waals surface area contributed by atoms with Crippen molar-refractivity contribution in [2.75, 3.05) is 6.54 Å². The number of aliphatic hydroxyl groups excluding tert-OH is 1. The first kappa shape index (κ1) is 16.1. The predicted molar refractivity (Wildman–Crippen MR) is 88.5 cm³/mol. The molecular formula is C18H21N3O4. The maximum absolute atomic E-state index is 12.6. The molecule has 2 aliphatic carbocycles. The van der Waals surface area contributed by atoms with Crippen LogP contribution in [0.1, 0.15) is 42.9 Å². The molecule has 25 heavy (non-hydrogen) atoms. The quantitative estimate of drug-likeness (QED) is 0.701. The molecule has 0 radical (unpaired) electrons. The number of hydrogen-bond acceptors (Lipinski definition) is 4. The smallest absolute Gasteiger partial charge is 0.325 e. The Morgan fingerprint density at radius 3 is 2.76 bits per heavy atom. The summed E-state index contributed by atoms with van der Waals surface area (Å²) in [4.78, 5) is 38.1. The van der Waals surface area contributed by atoms with Crippen molar-refractivity contribution in [3.05, 3.63) is 35.4 Å². The Kier molecular flexibility index (Phi) is 3.76. The molecule has 1 heterocycles. The first-order chi connectivity index (χ1) is 12.0. The number of benzene rings is 1. The number of imide groups is 1. The van der Waals surface area contributed by atoms with Crippen molar-refractivity contribution in [3.8, 4) is 0 Å². The van der Waals surface area contributed by atoms with Gasteiger partial charge in [-0.2, -0.15) is 0 Å². The second-order valence-corrected chi connectivity index (χ2v) is 7.13. The number of aliphatic hydroxyl groups is 1. The lowest BCUT2D eigenvalue weighted by Gasteiger charge is -2.21. The summed E-state index contributed by atoms with van der Waals surface area (Å²) < 4.78 is 0. The number of nitrogens with zero attached hydrogens (tertiary/aromatic N) is 1. The molecule has 1 saturated heterocycles. The van der Waals surface area contributed by atoms with Gasteiger partial charge in [0.15, 0.2) is 0 Å². The van der Waals surface area contributed by atoms with E-state index in [0.29, 0.717) is 19.3 Å². The topological polar surface area (TPSA) is 98.7 Å². The number of hydrogen-bond donors (Lipinski definition) is 3. The number of amides is 4. The minimum Gasteiger partial charge on any atom is -0.390 e. The van der Waals surface area contributed by atoms with Gasteiger partial charge < -0.3 is 15.7 Å². The normalized spacial score (nSPS) is 26.8. The fraction of sp³-hybridized carbons (Fsp3) is 0.500. The maximum Gasteiger partial charge on any atom is 0.325 e. The van der Waals surface area contributed by atoms with Gasteiger partial charge in [0.2, 0.25) is 5.91 Å². The summed E-state index contributed by atoms with van der Waals surface area (Å²) >= 11 is 0. The molecule has 1 aliphatic heterocycles. The van der Waals surface area contributed by atoms with Gasteiger partial charge in [-0.15, -0.1) is 0 Å². The van der Waals surface area contributed by atoms with Crippen molar-refractivity contribution in [1.29, 1.82) is 0 Å². The summed E-state index contributed by atoms with van der Waals surface area (Å²) in [5.41, 5.74) is 1.07. The number of urea groups is 1. The molecule has 7 nitrogen and oxygen atoms in total. The Balaban J connectivity index is 1.45. The highest BCUT2D eigenvalue weighted by Gasteiger charge is 2.52.